The van der Waals surface area contributed by atoms with E-state index in [-0.39, 0.29) is 36.8 Å². The van der Waals surface area contributed by atoms with Gasteiger partial charge in [-0.2, -0.15) is 18.2 Å². The van der Waals surface area contributed by atoms with Crippen molar-refractivity contribution in [3.63, 3.8) is 0 Å². The van der Waals surface area contributed by atoms with E-state index in [0.717, 1.165) is 15.5 Å². The number of nitrogens with zero attached hydrogens (tertiary/aromatic N) is 3. The minimum absolute atomic E-state index is 0.0685. The number of phenolic OH excluding ortho intramolecular Hbond substituents is 1. The number of pyridine rings is 1. The lowest BCUT2D eigenvalue weighted by Gasteiger charge is -2.50. The van der Waals surface area contributed by atoms with Gasteiger partial charge in [0.25, 0.3) is 11.8 Å². The van der Waals surface area contributed by atoms with Crippen LogP contribution in [0.1, 0.15) is 47.9 Å². The molecule has 0 unspecified atom stereocenters. The highest BCUT2D eigenvalue weighted by Gasteiger charge is 2.70. The number of anilines is 2. The molecule has 57 heavy (non-hydrogen) atoms. The number of hydrogen-bond acceptors (Lipinski definition) is 8. The molecule has 1 aromatic heterocycles. The lowest BCUT2D eigenvalue weighted by atomic mass is 9.49. The fraction of sp³-hybridized carbons (Fsp3) is 0.293. The second-order valence-corrected chi connectivity index (χ2v) is 15.8. The van der Waals surface area contributed by atoms with Gasteiger partial charge in [-0.1, -0.05) is 70.7 Å². The number of nitrogens with one attached hydrogen (secondary N) is 1. The van der Waals surface area contributed by atoms with E-state index in [2.05, 4.69) is 10.4 Å². The van der Waals surface area contributed by atoms with Crippen molar-refractivity contribution in [1.82, 2.24) is 9.99 Å². The van der Waals surface area contributed by atoms with Gasteiger partial charge in [0.1, 0.15) is 0 Å². The van der Waals surface area contributed by atoms with E-state index in [9.17, 15) is 32.7 Å². The Balaban J connectivity index is 1.32. The van der Waals surface area contributed by atoms with Gasteiger partial charge in [0, 0.05) is 22.2 Å². The first kappa shape index (κ1) is 38.7. The molecular weight excluding hydrogens is 808 g/mol. The number of aromatic nitrogens is 1. The molecule has 16 heteroatoms. The van der Waals surface area contributed by atoms with Crippen LogP contribution in [0.2, 0.25) is 15.1 Å². The number of hydrogen-bond donors (Lipinski definition) is 2. The second kappa shape index (κ2) is 14.1. The summed E-state index contributed by atoms with van der Waals surface area (Å²) >= 11 is 19.1. The van der Waals surface area contributed by atoms with Crippen molar-refractivity contribution in [2.24, 2.45) is 23.7 Å². The smallest absolute Gasteiger partial charge is 0.417 e. The van der Waals surface area contributed by atoms with Crippen molar-refractivity contribution >= 4 is 69.9 Å². The van der Waals surface area contributed by atoms with E-state index in [0.29, 0.717) is 44.7 Å². The summed E-state index contributed by atoms with van der Waals surface area (Å²) in [6, 6.07) is 16.6. The zero-order valence-electron chi connectivity index (χ0n) is 30.1. The molecule has 8 rings (SSSR count). The summed E-state index contributed by atoms with van der Waals surface area (Å²) in [5.74, 6) is -7.56. The van der Waals surface area contributed by atoms with Crippen LogP contribution in [-0.2, 0) is 30.8 Å². The molecule has 3 heterocycles. The molecule has 6 atom stereocenters. The van der Waals surface area contributed by atoms with Crippen molar-refractivity contribution in [2.45, 2.75) is 44.2 Å². The third-order valence-corrected chi connectivity index (χ3v) is 12.5. The monoisotopic (exact) mass is 838 g/mol. The van der Waals surface area contributed by atoms with Crippen molar-refractivity contribution in [2.75, 3.05) is 16.9 Å². The number of rotatable bonds is 7. The minimum Gasteiger partial charge on any atom is -0.504 e. The predicted octanol–water partition coefficient (Wildman–Crippen LogP) is 8.66. The largest absolute Gasteiger partial charge is 0.504 e. The Hall–Kier alpha value is -5.11. The van der Waals surface area contributed by atoms with Gasteiger partial charge in [0.05, 0.1) is 46.0 Å². The molecule has 3 fully saturated rings. The van der Waals surface area contributed by atoms with Crippen molar-refractivity contribution in [3.8, 4) is 11.5 Å². The molecule has 0 bridgehead atoms. The Morgan fingerprint density at radius 2 is 1.67 bits per heavy atom. The van der Waals surface area contributed by atoms with Crippen LogP contribution in [0, 0.1) is 30.6 Å². The van der Waals surface area contributed by atoms with Gasteiger partial charge < -0.3 is 9.84 Å². The second-order valence-electron chi connectivity index (χ2n) is 14.5. The van der Waals surface area contributed by atoms with Crippen LogP contribution >= 0.6 is 34.8 Å². The Bertz CT molecular complexity index is 2410. The maximum atomic E-state index is 15.4. The number of phenols is 1. The molecule has 10 nitrogen and oxygen atoms in total. The number of aromatic hydroxyl groups is 1. The summed E-state index contributed by atoms with van der Waals surface area (Å²) in [6.45, 7) is 3.72. The van der Waals surface area contributed by atoms with Crippen LogP contribution in [0.4, 0.5) is 24.7 Å². The van der Waals surface area contributed by atoms with Gasteiger partial charge in [0.15, 0.2) is 17.3 Å². The normalized spacial score (nSPS) is 25.6. The number of halogens is 6. The standard InChI is InChI=1S/C41H32Cl3F3N4O6/c1-3-57-32-14-20(5-13-31(32)52)34-25-11-12-26-33(38(55)50(36(26)53)24-10-4-19(2)29(43)16-24)27(25)17-28-37(54)51(39(56)40(28,34)21-6-8-23(42)9-7-21)49-35-30(44)15-22(18-48-35)41(45,46)47/h4-11,13-16,18,26-28,33-34,52H,3,12,17H2,1-2H3,(H,48,49)/t26-,27+,28-,33-,34-,40+/m0/s1. The Labute approximate surface area is 339 Å². The minimum atomic E-state index is -4.76. The van der Waals surface area contributed by atoms with Crippen molar-refractivity contribution in [1.29, 1.82) is 0 Å². The number of benzene rings is 3. The summed E-state index contributed by atoms with van der Waals surface area (Å²) in [7, 11) is 0. The number of imide groups is 2. The van der Waals surface area contributed by atoms with Gasteiger partial charge in [0.2, 0.25) is 11.8 Å². The molecule has 294 valence electrons. The maximum Gasteiger partial charge on any atom is 0.417 e. The first-order valence-corrected chi connectivity index (χ1v) is 19.1. The number of alkyl halides is 3. The number of ether oxygens (including phenoxy) is 1. The van der Waals surface area contributed by atoms with Gasteiger partial charge in [-0.3, -0.25) is 24.6 Å². The summed E-state index contributed by atoms with van der Waals surface area (Å²) in [5, 5.41) is 11.7. The van der Waals surface area contributed by atoms with Crippen LogP contribution < -0.4 is 15.1 Å². The molecule has 0 spiro atoms. The quantitative estimate of drug-likeness (QED) is 0.140. The Kier molecular flexibility index (Phi) is 9.56. The number of carbonyl (C=O) groups excluding carboxylic acids is 4. The fourth-order valence-corrected chi connectivity index (χ4v) is 9.62. The maximum absolute atomic E-state index is 15.4. The van der Waals surface area contributed by atoms with Gasteiger partial charge >= 0.3 is 6.18 Å². The molecule has 4 aliphatic rings. The number of aryl methyl sites for hydroxylation is 1. The zero-order chi connectivity index (χ0) is 40.7. The van der Waals surface area contributed by atoms with Crippen molar-refractivity contribution < 1.29 is 42.2 Å². The summed E-state index contributed by atoms with van der Waals surface area (Å²) < 4.78 is 46.3. The molecule has 4 aromatic rings. The number of carbonyl (C=O) groups is 4. The average molecular weight is 840 g/mol. The Morgan fingerprint density at radius 1 is 0.930 bits per heavy atom. The summed E-state index contributed by atoms with van der Waals surface area (Å²) in [6.07, 6.45) is -2.30. The van der Waals surface area contributed by atoms with E-state index in [1.807, 2.05) is 6.08 Å². The summed E-state index contributed by atoms with van der Waals surface area (Å²) in [5.41, 5.74) is 2.24. The zero-order valence-corrected chi connectivity index (χ0v) is 32.4. The third kappa shape index (κ3) is 6.04. The molecule has 2 saturated heterocycles. The number of amides is 4. The summed E-state index contributed by atoms with van der Waals surface area (Å²) in [4.78, 5) is 63.9. The molecular formula is C41H32Cl3F3N4O6. The van der Waals surface area contributed by atoms with E-state index < -0.39 is 75.4 Å². The fourth-order valence-electron chi connectivity index (χ4n) is 9.11. The molecule has 0 radical (unpaired) electrons. The van der Waals surface area contributed by atoms with E-state index in [1.54, 1.807) is 68.4 Å². The van der Waals surface area contributed by atoms with Crippen LogP contribution in [0.3, 0.4) is 0 Å². The highest BCUT2D eigenvalue weighted by atomic mass is 35.5. The lowest BCUT2D eigenvalue weighted by Crippen LogP contribution is -2.53. The van der Waals surface area contributed by atoms with Crippen molar-refractivity contribution in [3.05, 3.63) is 122 Å². The molecule has 4 amide bonds. The topological polar surface area (TPSA) is 129 Å². The number of allylic oxidation sites excluding steroid dienone is 2. The molecule has 2 N–H and O–H groups in total. The van der Waals surface area contributed by atoms with Crippen LogP contribution in [0.5, 0.6) is 11.5 Å². The van der Waals surface area contributed by atoms with Crippen LogP contribution in [0.25, 0.3) is 0 Å². The van der Waals surface area contributed by atoms with Crippen LogP contribution in [0.15, 0.2) is 84.6 Å². The lowest BCUT2D eigenvalue weighted by molar-refractivity contribution is -0.139. The number of hydrazine groups is 1. The first-order chi connectivity index (χ1) is 27.1. The highest BCUT2D eigenvalue weighted by Crippen LogP contribution is 2.64. The van der Waals surface area contributed by atoms with Gasteiger partial charge in [-0.05, 0) is 91.8 Å². The molecule has 2 aliphatic carbocycles. The van der Waals surface area contributed by atoms with E-state index >= 15 is 4.79 Å². The van der Waals surface area contributed by atoms with Gasteiger partial charge in [-0.25, -0.2) is 9.88 Å². The molecule has 2 aliphatic heterocycles. The molecule has 1 saturated carbocycles. The average Bonchev–Trinajstić information content (AvgIpc) is 3.55. The third-order valence-electron chi connectivity index (χ3n) is 11.6. The predicted molar refractivity (Wildman–Crippen MR) is 205 cm³/mol. The first-order valence-electron chi connectivity index (χ1n) is 18.0. The molecule has 3 aromatic carbocycles. The van der Waals surface area contributed by atoms with E-state index in [1.165, 1.54) is 6.07 Å². The van der Waals surface area contributed by atoms with Gasteiger partial charge in [-0.15, -0.1) is 0 Å². The van der Waals surface area contributed by atoms with Crippen LogP contribution in [-0.4, -0.2) is 45.3 Å². The van der Waals surface area contributed by atoms with E-state index in [4.69, 9.17) is 39.5 Å². The Morgan fingerprint density at radius 3 is 2.33 bits per heavy atom. The highest BCUT2D eigenvalue weighted by molar-refractivity contribution is 6.33. The number of fused-ring (bicyclic) bond motifs is 4. The SMILES string of the molecule is CCOc1cc([C@H]2C3=CC[C@@H]4C(=O)N(c5ccc(C)c(Cl)c5)C(=O)[C@@H]4[C@@H]3C[C@H]3C(=O)N(Nc4ncc(C(F)(F)F)cc4Cl)C(=O)[C@@]23c2ccc(Cl)cc2)ccc1O.